The molecular formula is C21H27N7. The third-order valence-corrected chi connectivity index (χ3v) is 5.37. The number of pyridine rings is 1. The molecular weight excluding hydrogens is 350 g/mol. The van der Waals surface area contributed by atoms with Crippen LogP contribution in [0.15, 0.2) is 36.5 Å². The molecule has 1 aromatic carbocycles. The number of rotatable bonds is 4. The van der Waals surface area contributed by atoms with E-state index >= 15 is 0 Å². The number of benzene rings is 1. The van der Waals surface area contributed by atoms with Crippen molar-refractivity contribution in [3.8, 4) is 22.5 Å². The van der Waals surface area contributed by atoms with Crippen LogP contribution in [-0.4, -0.2) is 34.0 Å². The van der Waals surface area contributed by atoms with Crippen molar-refractivity contribution < 1.29 is 0 Å². The minimum atomic E-state index is 0.277. The number of hydrogen-bond acceptors (Lipinski definition) is 5. The summed E-state index contributed by atoms with van der Waals surface area (Å²) in [5, 5.41) is 15.8. The summed E-state index contributed by atoms with van der Waals surface area (Å²) in [6.45, 7) is 8.04. The van der Waals surface area contributed by atoms with Crippen molar-refractivity contribution in [3.63, 3.8) is 0 Å². The Morgan fingerprint density at radius 3 is 2.43 bits per heavy atom. The summed E-state index contributed by atoms with van der Waals surface area (Å²) in [6.07, 6.45) is 1.76. The molecule has 146 valence electrons. The van der Waals surface area contributed by atoms with E-state index in [1.165, 1.54) is 10.4 Å². The number of nitrogens with zero attached hydrogens (tertiary/aromatic N) is 3. The number of aromatic nitrogens is 3. The number of nitrogens with two attached hydrogens (primary N) is 2. The van der Waals surface area contributed by atoms with Gasteiger partial charge in [-0.15, -0.1) is 0 Å². The Labute approximate surface area is 164 Å². The molecule has 1 aliphatic rings. The van der Waals surface area contributed by atoms with Crippen molar-refractivity contribution in [1.29, 1.82) is 5.41 Å². The summed E-state index contributed by atoms with van der Waals surface area (Å²) in [4.78, 5) is 2.28. The minimum Gasteiger partial charge on any atom is -0.368 e. The number of anilines is 1. The molecule has 0 saturated carbocycles. The van der Waals surface area contributed by atoms with Gasteiger partial charge in [-0.25, -0.2) is 0 Å². The Hall–Kier alpha value is -3.06. The molecule has 0 aliphatic carbocycles. The SMILES string of the molecule is Cc1cc(-c2n[nH]c(-c3ccc(N4CC(N)C4)cc3)c2C(C)C)cn(N)c1=N. The number of nitrogens with one attached hydrogen (secondary N) is 2. The topological polar surface area (TPSA) is 113 Å². The van der Waals surface area contributed by atoms with Crippen LogP contribution in [0, 0.1) is 12.3 Å². The van der Waals surface area contributed by atoms with Gasteiger partial charge in [0.25, 0.3) is 0 Å². The molecule has 0 amide bonds. The molecule has 0 atom stereocenters. The van der Waals surface area contributed by atoms with Gasteiger partial charge in [0.15, 0.2) is 0 Å². The molecule has 1 saturated heterocycles. The number of aryl methyl sites for hydroxylation is 1. The molecule has 6 N–H and O–H groups in total. The van der Waals surface area contributed by atoms with Gasteiger partial charge in [-0.2, -0.15) is 5.10 Å². The highest BCUT2D eigenvalue weighted by molar-refractivity contribution is 5.75. The van der Waals surface area contributed by atoms with Gasteiger partial charge in [-0.1, -0.05) is 26.0 Å². The van der Waals surface area contributed by atoms with Crippen LogP contribution in [-0.2, 0) is 0 Å². The molecule has 0 bridgehead atoms. The molecule has 0 unspecified atom stereocenters. The Balaban J connectivity index is 1.74. The standard InChI is InChI=1S/C21H27N7/c1-12(2)18-19(14-4-6-17(7-5-14)27-10-16(22)11-27)25-26-20(18)15-8-13(3)21(23)28(24)9-15/h4-9,12,16,23H,10-11,22,24H2,1-3H3,(H,25,26). The van der Waals surface area contributed by atoms with Gasteiger partial charge in [0.05, 0.1) is 11.4 Å². The predicted octanol–water partition coefficient (Wildman–Crippen LogP) is 2.32. The maximum atomic E-state index is 7.97. The molecule has 1 fully saturated rings. The molecule has 3 heterocycles. The number of nitrogen functional groups attached to an aromatic ring is 1. The van der Waals surface area contributed by atoms with Gasteiger partial charge >= 0.3 is 0 Å². The van der Waals surface area contributed by atoms with E-state index < -0.39 is 0 Å². The van der Waals surface area contributed by atoms with E-state index in [0.717, 1.165) is 46.7 Å². The van der Waals surface area contributed by atoms with Crippen molar-refractivity contribution in [3.05, 3.63) is 53.1 Å². The highest BCUT2D eigenvalue weighted by Crippen LogP contribution is 2.36. The van der Waals surface area contributed by atoms with Gasteiger partial charge < -0.3 is 16.5 Å². The zero-order valence-electron chi connectivity index (χ0n) is 16.5. The number of H-pyrrole nitrogens is 1. The largest absolute Gasteiger partial charge is 0.368 e. The lowest BCUT2D eigenvalue weighted by Gasteiger charge is -2.38. The van der Waals surface area contributed by atoms with Crippen LogP contribution in [0.3, 0.4) is 0 Å². The zero-order valence-corrected chi connectivity index (χ0v) is 16.5. The van der Waals surface area contributed by atoms with Gasteiger partial charge in [0.1, 0.15) is 5.49 Å². The second kappa shape index (κ2) is 6.83. The summed E-state index contributed by atoms with van der Waals surface area (Å²) < 4.78 is 1.34. The van der Waals surface area contributed by atoms with Gasteiger partial charge in [-0.3, -0.25) is 15.2 Å². The van der Waals surface area contributed by atoms with E-state index in [-0.39, 0.29) is 12.0 Å². The van der Waals surface area contributed by atoms with Crippen LogP contribution in [0.2, 0.25) is 0 Å². The fourth-order valence-electron chi connectivity index (χ4n) is 3.80. The van der Waals surface area contributed by atoms with Crippen molar-refractivity contribution in [1.82, 2.24) is 14.9 Å². The van der Waals surface area contributed by atoms with Crippen molar-refractivity contribution >= 4 is 5.69 Å². The second-order valence-electron chi connectivity index (χ2n) is 7.90. The molecule has 7 nitrogen and oxygen atoms in total. The minimum absolute atomic E-state index is 0.277. The molecule has 7 heteroatoms. The highest BCUT2D eigenvalue weighted by atomic mass is 15.3. The lowest BCUT2D eigenvalue weighted by Crippen LogP contribution is -2.55. The number of hydrogen-bond donors (Lipinski definition) is 4. The summed E-state index contributed by atoms with van der Waals surface area (Å²) in [5.41, 5.74) is 13.3. The predicted molar refractivity (Wildman–Crippen MR) is 112 cm³/mol. The Kier molecular flexibility index (Phi) is 4.47. The van der Waals surface area contributed by atoms with Gasteiger partial charge in [0.2, 0.25) is 0 Å². The quantitative estimate of drug-likeness (QED) is 0.523. The van der Waals surface area contributed by atoms with Gasteiger partial charge in [-0.05, 0) is 42.2 Å². The Bertz CT molecular complexity index is 1030. The smallest absolute Gasteiger partial charge is 0.146 e. The summed E-state index contributed by atoms with van der Waals surface area (Å²) >= 11 is 0. The monoisotopic (exact) mass is 377 g/mol. The maximum Gasteiger partial charge on any atom is 0.146 e. The molecule has 0 spiro atoms. The first-order chi connectivity index (χ1) is 13.3. The van der Waals surface area contributed by atoms with E-state index in [9.17, 15) is 0 Å². The molecule has 28 heavy (non-hydrogen) atoms. The van der Waals surface area contributed by atoms with Crippen LogP contribution in [0.25, 0.3) is 22.5 Å². The van der Waals surface area contributed by atoms with Crippen molar-refractivity contribution in [2.75, 3.05) is 23.8 Å². The number of aromatic amines is 1. The third-order valence-electron chi connectivity index (χ3n) is 5.37. The van der Waals surface area contributed by atoms with Crippen LogP contribution in [0.4, 0.5) is 5.69 Å². The summed E-state index contributed by atoms with van der Waals surface area (Å²) in [6, 6.07) is 10.8. The molecule has 1 aliphatic heterocycles. The van der Waals surface area contributed by atoms with Crippen molar-refractivity contribution in [2.45, 2.75) is 32.7 Å². The molecule has 0 radical (unpaired) electrons. The average Bonchev–Trinajstić information content (AvgIpc) is 3.09. The first-order valence-corrected chi connectivity index (χ1v) is 9.57. The van der Waals surface area contributed by atoms with Crippen LogP contribution in [0.1, 0.15) is 30.9 Å². The maximum absolute atomic E-state index is 7.97. The fraction of sp³-hybridized carbons (Fsp3) is 0.333. The second-order valence-corrected chi connectivity index (χ2v) is 7.90. The zero-order chi connectivity index (χ0) is 20.0. The Morgan fingerprint density at radius 1 is 1.18 bits per heavy atom. The van der Waals surface area contributed by atoms with E-state index in [1.807, 2.05) is 13.0 Å². The van der Waals surface area contributed by atoms with Crippen LogP contribution >= 0.6 is 0 Å². The molecule has 4 rings (SSSR count). The van der Waals surface area contributed by atoms with Crippen LogP contribution < -0.4 is 22.0 Å². The average molecular weight is 377 g/mol. The van der Waals surface area contributed by atoms with Gasteiger partial charge in [0, 0.05) is 42.1 Å². The third kappa shape index (κ3) is 3.07. The molecule has 3 aromatic rings. The fourth-order valence-corrected chi connectivity index (χ4v) is 3.80. The molecule has 2 aromatic heterocycles. The highest BCUT2D eigenvalue weighted by Gasteiger charge is 2.24. The van der Waals surface area contributed by atoms with E-state index in [2.05, 4.69) is 53.2 Å². The summed E-state index contributed by atoms with van der Waals surface area (Å²) in [7, 11) is 0. The normalized spacial score (nSPS) is 14.5. The summed E-state index contributed by atoms with van der Waals surface area (Å²) in [5.74, 6) is 6.23. The lowest BCUT2D eigenvalue weighted by atomic mass is 9.94. The van der Waals surface area contributed by atoms with Crippen LogP contribution in [0.5, 0.6) is 0 Å². The van der Waals surface area contributed by atoms with E-state index in [4.69, 9.17) is 17.0 Å². The first kappa shape index (κ1) is 18.3. The van der Waals surface area contributed by atoms with E-state index in [0.29, 0.717) is 5.49 Å². The lowest BCUT2D eigenvalue weighted by molar-refractivity contribution is 0.519. The Morgan fingerprint density at radius 2 is 1.86 bits per heavy atom. The van der Waals surface area contributed by atoms with E-state index in [1.54, 1.807) is 6.20 Å². The van der Waals surface area contributed by atoms with Crippen molar-refractivity contribution in [2.24, 2.45) is 5.73 Å². The first-order valence-electron chi connectivity index (χ1n) is 9.57.